The Morgan fingerprint density at radius 2 is 2.22 bits per heavy atom. The van der Waals surface area contributed by atoms with Crippen LogP contribution < -0.4 is 4.90 Å². The van der Waals surface area contributed by atoms with Crippen molar-refractivity contribution >= 4 is 29.1 Å². The Morgan fingerprint density at radius 1 is 1.44 bits per heavy atom. The smallest absolute Gasteiger partial charge is 0.248 e. The first kappa shape index (κ1) is 12.9. The fourth-order valence-electron chi connectivity index (χ4n) is 1.97. The molecule has 2 rings (SSSR count). The topological polar surface area (TPSA) is 41.9 Å². The van der Waals surface area contributed by atoms with Crippen LogP contribution in [0.25, 0.3) is 0 Å². The van der Waals surface area contributed by atoms with E-state index in [-0.39, 0.29) is 12.5 Å². The van der Waals surface area contributed by atoms with Crippen LogP contribution in [0.15, 0.2) is 23.2 Å². The molecule has 1 aliphatic rings. The predicted octanol–water partition coefficient (Wildman–Crippen LogP) is 2.49. The SMILES string of the molecule is CCOC1=NCC(=O)N(CC)c2ccc(Cl)cc21. The van der Waals surface area contributed by atoms with Gasteiger partial charge in [-0.3, -0.25) is 4.79 Å². The number of carbonyl (C=O) groups excluding carboxylic acids is 1. The first-order valence-corrected chi connectivity index (χ1v) is 6.32. The molecule has 1 amide bonds. The molecular weight excluding hydrogens is 252 g/mol. The van der Waals surface area contributed by atoms with Gasteiger partial charge >= 0.3 is 0 Å². The van der Waals surface area contributed by atoms with Crippen LogP contribution in [0, 0.1) is 0 Å². The van der Waals surface area contributed by atoms with Crippen molar-refractivity contribution in [3.05, 3.63) is 28.8 Å². The van der Waals surface area contributed by atoms with E-state index in [0.29, 0.717) is 24.1 Å². The molecule has 96 valence electrons. The molecule has 0 aromatic heterocycles. The lowest BCUT2D eigenvalue weighted by Crippen LogP contribution is -2.32. The standard InChI is InChI=1S/C13H15ClN2O2/c1-3-16-11-6-5-9(14)7-10(11)13(18-4-2)15-8-12(16)17/h5-7H,3-4,8H2,1-2H3. The van der Waals surface area contributed by atoms with Crippen LogP contribution in [0.4, 0.5) is 5.69 Å². The second-order valence-electron chi connectivity index (χ2n) is 3.85. The van der Waals surface area contributed by atoms with Gasteiger partial charge in [0.1, 0.15) is 6.54 Å². The Kier molecular flexibility index (Phi) is 3.87. The summed E-state index contributed by atoms with van der Waals surface area (Å²) < 4.78 is 5.50. The zero-order chi connectivity index (χ0) is 13.1. The summed E-state index contributed by atoms with van der Waals surface area (Å²) in [5.41, 5.74) is 1.58. The number of anilines is 1. The molecule has 0 saturated heterocycles. The number of carbonyl (C=O) groups is 1. The van der Waals surface area contributed by atoms with Crippen LogP contribution >= 0.6 is 11.6 Å². The third-order valence-corrected chi connectivity index (χ3v) is 2.97. The Morgan fingerprint density at radius 3 is 2.89 bits per heavy atom. The minimum Gasteiger partial charge on any atom is -0.478 e. The van der Waals surface area contributed by atoms with E-state index >= 15 is 0 Å². The molecule has 0 bridgehead atoms. The van der Waals surface area contributed by atoms with Crippen LogP contribution in [0.1, 0.15) is 19.4 Å². The Balaban J connectivity index is 2.56. The number of likely N-dealkylation sites (N-methyl/N-ethyl adjacent to an activating group) is 1. The average molecular weight is 267 g/mol. The molecule has 0 spiro atoms. The van der Waals surface area contributed by atoms with Gasteiger partial charge in [0, 0.05) is 11.6 Å². The number of rotatable bonds is 2. The van der Waals surface area contributed by atoms with Crippen molar-refractivity contribution in [3.63, 3.8) is 0 Å². The Hall–Kier alpha value is -1.55. The maximum atomic E-state index is 12.0. The number of fused-ring (bicyclic) bond motifs is 1. The number of nitrogens with zero attached hydrogens (tertiary/aromatic N) is 2. The molecule has 1 aliphatic heterocycles. The van der Waals surface area contributed by atoms with Gasteiger partial charge in [-0.1, -0.05) is 11.6 Å². The zero-order valence-corrected chi connectivity index (χ0v) is 11.2. The van der Waals surface area contributed by atoms with Gasteiger partial charge < -0.3 is 9.64 Å². The fourth-order valence-corrected chi connectivity index (χ4v) is 2.14. The van der Waals surface area contributed by atoms with Crippen LogP contribution in [0.2, 0.25) is 5.02 Å². The highest BCUT2D eigenvalue weighted by Crippen LogP contribution is 2.27. The molecule has 5 heteroatoms. The van der Waals surface area contributed by atoms with Crippen LogP contribution in [0.5, 0.6) is 0 Å². The molecular formula is C13H15ClN2O2. The molecule has 0 fully saturated rings. The Bertz CT molecular complexity index is 500. The summed E-state index contributed by atoms with van der Waals surface area (Å²) in [6.07, 6.45) is 0. The molecule has 1 aromatic rings. The number of halogens is 1. The lowest BCUT2D eigenvalue weighted by molar-refractivity contribution is -0.117. The van der Waals surface area contributed by atoms with Crippen LogP contribution in [-0.2, 0) is 9.53 Å². The van der Waals surface area contributed by atoms with E-state index in [1.807, 2.05) is 19.9 Å². The molecule has 0 N–H and O–H groups in total. The summed E-state index contributed by atoms with van der Waals surface area (Å²) in [5, 5.41) is 0.603. The van der Waals surface area contributed by atoms with Gasteiger partial charge in [-0.05, 0) is 32.0 Å². The second kappa shape index (κ2) is 5.40. The van der Waals surface area contributed by atoms with Crippen molar-refractivity contribution < 1.29 is 9.53 Å². The third-order valence-electron chi connectivity index (χ3n) is 2.74. The van der Waals surface area contributed by atoms with E-state index in [4.69, 9.17) is 16.3 Å². The van der Waals surface area contributed by atoms with Gasteiger partial charge in [-0.15, -0.1) is 0 Å². The molecule has 1 heterocycles. The maximum absolute atomic E-state index is 12.0. The fraction of sp³-hybridized carbons (Fsp3) is 0.385. The average Bonchev–Trinajstić information content (AvgIpc) is 2.48. The van der Waals surface area contributed by atoms with Gasteiger partial charge in [0.25, 0.3) is 0 Å². The lowest BCUT2D eigenvalue weighted by atomic mass is 10.1. The number of amides is 1. The normalized spacial score (nSPS) is 14.9. The molecule has 0 atom stereocenters. The molecule has 0 saturated carbocycles. The number of hydrogen-bond donors (Lipinski definition) is 0. The first-order chi connectivity index (χ1) is 8.67. The summed E-state index contributed by atoms with van der Waals surface area (Å²) >= 11 is 6.01. The molecule has 0 unspecified atom stereocenters. The van der Waals surface area contributed by atoms with E-state index in [1.165, 1.54) is 0 Å². The largest absolute Gasteiger partial charge is 0.478 e. The van der Waals surface area contributed by atoms with Crippen molar-refractivity contribution in [2.45, 2.75) is 13.8 Å². The van der Waals surface area contributed by atoms with Gasteiger partial charge in [0.05, 0.1) is 17.9 Å². The molecule has 0 radical (unpaired) electrons. The first-order valence-electron chi connectivity index (χ1n) is 5.94. The second-order valence-corrected chi connectivity index (χ2v) is 4.29. The van der Waals surface area contributed by atoms with Gasteiger partial charge in [0.2, 0.25) is 11.8 Å². The summed E-state index contributed by atoms with van der Waals surface area (Å²) in [6, 6.07) is 5.39. The van der Waals surface area contributed by atoms with E-state index in [2.05, 4.69) is 4.99 Å². The molecule has 0 aliphatic carbocycles. The van der Waals surface area contributed by atoms with Gasteiger partial charge in [0.15, 0.2) is 0 Å². The van der Waals surface area contributed by atoms with Crippen molar-refractivity contribution in [1.29, 1.82) is 0 Å². The van der Waals surface area contributed by atoms with Gasteiger partial charge in [-0.25, -0.2) is 4.99 Å². The number of hydrogen-bond acceptors (Lipinski definition) is 3. The maximum Gasteiger partial charge on any atom is 0.248 e. The highest BCUT2D eigenvalue weighted by atomic mass is 35.5. The number of ether oxygens (including phenoxy) is 1. The van der Waals surface area contributed by atoms with Crippen molar-refractivity contribution in [3.8, 4) is 0 Å². The minimum absolute atomic E-state index is 0.0317. The zero-order valence-electron chi connectivity index (χ0n) is 10.4. The number of benzene rings is 1. The molecule has 1 aromatic carbocycles. The minimum atomic E-state index is -0.0317. The molecule has 18 heavy (non-hydrogen) atoms. The third kappa shape index (κ3) is 2.34. The van der Waals surface area contributed by atoms with Crippen molar-refractivity contribution in [2.24, 2.45) is 4.99 Å². The number of benzodiazepines with no additional fused rings is 1. The monoisotopic (exact) mass is 266 g/mol. The molecule has 4 nitrogen and oxygen atoms in total. The predicted molar refractivity (Wildman–Crippen MR) is 72.5 cm³/mol. The van der Waals surface area contributed by atoms with E-state index in [1.54, 1.807) is 17.0 Å². The highest BCUT2D eigenvalue weighted by Gasteiger charge is 2.24. The summed E-state index contributed by atoms with van der Waals surface area (Å²) in [5.74, 6) is 0.454. The lowest BCUT2D eigenvalue weighted by Gasteiger charge is -2.21. The van der Waals surface area contributed by atoms with Crippen LogP contribution in [-0.4, -0.2) is 31.5 Å². The number of aliphatic imine (C=N–C) groups is 1. The van der Waals surface area contributed by atoms with E-state index in [0.717, 1.165) is 11.3 Å². The highest BCUT2D eigenvalue weighted by molar-refractivity contribution is 6.31. The quantitative estimate of drug-likeness (QED) is 0.825. The van der Waals surface area contributed by atoms with E-state index in [9.17, 15) is 4.79 Å². The summed E-state index contributed by atoms with van der Waals surface area (Å²) in [4.78, 5) is 17.9. The Labute approximate surface area is 111 Å². The van der Waals surface area contributed by atoms with Crippen molar-refractivity contribution in [1.82, 2.24) is 0 Å². The summed E-state index contributed by atoms with van der Waals surface area (Å²) in [6.45, 7) is 5.03. The van der Waals surface area contributed by atoms with E-state index < -0.39 is 0 Å². The van der Waals surface area contributed by atoms with Crippen molar-refractivity contribution in [2.75, 3.05) is 24.6 Å². The van der Waals surface area contributed by atoms with Gasteiger partial charge in [-0.2, -0.15) is 0 Å². The van der Waals surface area contributed by atoms with Crippen LogP contribution in [0.3, 0.4) is 0 Å². The summed E-state index contributed by atoms with van der Waals surface area (Å²) in [7, 11) is 0.